The molecule has 3 aromatic rings. The largest absolute Gasteiger partial charge is 0.469 e. The van der Waals surface area contributed by atoms with E-state index in [1.807, 2.05) is 0 Å². The molecule has 8 heteroatoms. The fraction of sp³-hybridized carbons (Fsp3) is 0.417. The monoisotopic (exact) mass is 440 g/mol. The van der Waals surface area contributed by atoms with Crippen LogP contribution in [0.15, 0.2) is 36.4 Å². The summed E-state index contributed by atoms with van der Waals surface area (Å²) < 4.78 is 9.76. The molecule has 32 heavy (non-hydrogen) atoms. The van der Waals surface area contributed by atoms with Crippen molar-refractivity contribution in [1.82, 2.24) is 9.97 Å². The highest BCUT2D eigenvalue weighted by molar-refractivity contribution is 6.03. The molecule has 0 bridgehead atoms. The van der Waals surface area contributed by atoms with Gasteiger partial charge in [-0.3, -0.25) is 4.79 Å². The molecule has 1 heterocycles. The van der Waals surface area contributed by atoms with Gasteiger partial charge in [-0.25, -0.2) is 14.8 Å². The van der Waals surface area contributed by atoms with Crippen LogP contribution in [0.1, 0.15) is 55.1 Å². The molecule has 0 aliphatic rings. The molecule has 170 valence electrons. The van der Waals surface area contributed by atoms with Crippen molar-refractivity contribution in [2.24, 2.45) is 5.92 Å². The Kier molecular flexibility index (Phi) is 7.06. The van der Waals surface area contributed by atoms with Gasteiger partial charge in [0.15, 0.2) is 0 Å². The van der Waals surface area contributed by atoms with Crippen LogP contribution in [0.4, 0.5) is 0 Å². The quantitative estimate of drug-likeness (QED) is 0.404. The molecule has 2 N–H and O–H groups in total. The number of aliphatic hydroxyl groups is 2. The first-order chi connectivity index (χ1) is 15.2. The summed E-state index contributed by atoms with van der Waals surface area (Å²) in [6.45, 7) is 3.40. The van der Waals surface area contributed by atoms with Crippen LogP contribution < -0.4 is 0 Å². The number of aromatic nitrogens is 2. The van der Waals surface area contributed by atoms with E-state index in [9.17, 15) is 19.8 Å². The average Bonchev–Trinajstić information content (AvgIpc) is 2.77. The molecule has 1 aromatic heterocycles. The predicted octanol–water partition coefficient (Wildman–Crippen LogP) is 3.33. The molecule has 0 fully saturated rings. The lowest BCUT2D eigenvalue weighted by Crippen LogP contribution is -2.25. The molecule has 0 aliphatic carbocycles. The number of hydrogen-bond acceptors (Lipinski definition) is 8. The molecular formula is C24H28N2O6. The van der Waals surface area contributed by atoms with E-state index in [-0.39, 0.29) is 0 Å². The van der Waals surface area contributed by atoms with Gasteiger partial charge in [0.05, 0.1) is 54.0 Å². The summed E-state index contributed by atoms with van der Waals surface area (Å²) in [7, 11) is 2.58. The third-order valence-corrected chi connectivity index (χ3v) is 5.44. The van der Waals surface area contributed by atoms with Crippen LogP contribution in [0.25, 0.3) is 22.1 Å². The number of rotatable bonds is 8. The van der Waals surface area contributed by atoms with Gasteiger partial charge >= 0.3 is 11.9 Å². The zero-order chi connectivity index (χ0) is 23.5. The second-order valence-corrected chi connectivity index (χ2v) is 8.38. The van der Waals surface area contributed by atoms with Crippen molar-refractivity contribution < 1.29 is 29.3 Å². The molecule has 2 aromatic carbocycles. The molecule has 0 amide bonds. The Hall–Kier alpha value is -3.10. The molecule has 0 saturated carbocycles. The number of esters is 2. The molecule has 2 atom stereocenters. The highest BCUT2D eigenvalue weighted by Crippen LogP contribution is 2.33. The Labute approximate surface area is 186 Å². The maximum absolute atomic E-state index is 12.5. The van der Waals surface area contributed by atoms with Gasteiger partial charge in [0, 0.05) is 5.56 Å². The molecule has 0 radical (unpaired) electrons. The number of fused-ring (bicyclic) bond motifs is 2. The summed E-state index contributed by atoms with van der Waals surface area (Å²) in [6.07, 6.45) is 0.163. The number of benzene rings is 2. The number of methoxy groups -OCH3 is 2. The lowest BCUT2D eigenvalue weighted by Gasteiger charge is -2.23. The van der Waals surface area contributed by atoms with Gasteiger partial charge in [-0.2, -0.15) is 0 Å². The van der Waals surface area contributed by atoms with Crippen LogP contribution >= 0.6 is 0 Å². The van der Waals surface area contributed by atoms with E-state index in [1.54, 1.807) is 50.2 Å². The maximum atomic E-state index is 12.5. The third kappa shape index (κ3) is 5.03. The molecular weight excluding hydrogens is 412 g/mol. The van der Waals surface area contributed by atoms with Gasteiger partial charge in [0.2, 0.25) is 0 Å². The second-order valence-electron chi connectivity index (χ2n) is 8.38. The summed E-state index contributed by atoms with van der Waals surface area (Å²) in [4.78, 5) is 33.8. The Bertz CT molecular complexity index is 1140. The van der Waals surface area contributed by atoms with E-state index in [0.29, 0.717) is 52.5 Å². The highest BCUT2D eigenvalue weighted by atomic mass is 16.5. The van der Waals surface area contributed by atoms with E-state index < -0.39 is 29.6 Å². The maximum Gasteiger partial charge on any atom is 0.340 e. The fourth-order valence-electron chi connectivity index (χ4n) is 3.78. The lowest BCUT2D eigenvalue weighted by molar-refractivity contribution is -0.150. The number of nitrogens with zero attached hydrogens (tertiary/aromatic N) is 2. The van der Waals surface area contributed by atoms with Crippen molar-refractivity contribution in [2.75, 3.05) is 14.2 Å². The minimum absolute atomic E-state index is 0.296. The van der Waals surface area contributed by atoms with Crippen LogP contribution in [0, 0.1) is 5.92 Å². The highest BCUT2D eigenvalue weighted by Gasteiger charge is 2.31. The van der Waals surface area contributed by atoms with Crippen molar-refractivity contribution in [1.29, 1.82) is 0 Å². The summed E-state index contributed by atoms with van der Waals surface area (Å²) in [5, 5.41) is 21.1. The number of para-hydroxylation sites is 2. The predicted molar refractivity (Wildman–Crippen MR) is 119 cm³/mol. The van der Waals surface area contributed by atoms with Crippen LogP contribution in [-0.2, 0) is 14.3 Å². The molecule has 0 saturated heterocycles. The Morgan fingerprint density at radius 2 is 1.62 bits per heavy atom. The Morgan fingerprint density at radius 1 is 1.00 bits per heavy atom. The normalized spacial score (nSPS) is 13.7. The van der Waals surface area contributed by atoms with Gasteiger partial charge in [-0.05, 0) is 51.3 Å². The zero-order valence-electron chi connectivity index (χ0n) is 18.7. The van der Waals surface area contributed by atoms with Gasteiger partial charge in [0.1, 0.15) is 5.52 Å². The molecule has 0 spiro atoms. The smallest absolute Gasteiger partial charge is 0.340 e. The summed E-state index contributed by atoms with van der Waals surface area (Å²) in [5.41, 5.74) is 1.65. The van der Waals surface area contributed by atoms with Crippen LogP contribution in [0.3, 0.4) is 0 Å². The van der Waals surface area contributed by atoms with Crippen molar-refractivity contribution in [3.05, 3.63) is 47.5 Å². The van der Waals surface area contributed by atoms with Crippen LogP contribution in [0.2, 0.25) is 0 Å². The molecule has 8 nitrogen and oxygen atoms in total. The minimum Gasteiger partial charge on any atom is -0.469 e. The lowest BCUT2D eigenvalue weighted by atomic mass is 9.88. The van der Waals surface area contributed by atoms with Gasteiger partial charge in [-0.1, -0.05) is 18.2 Å². The van der Waals surface area contributed by atoms with E-state index >= 15 is 0 Å². The number of carbonyl (C=O) groups excluding carboxylic acids is 2. The van der Waals surface area contributed by atoms with E-state index in [0.717, 1.165) is 0 Å². The molecule has 0 aliphatic heterocycles. The first-order valence-corrected chi connectivity index (χ1v) is 10.4. The number of carbonyl (C=O) groups is 2. The van der Waals surface area contributed by atoms with E-state index in [1.165, 1.54) is 14.2 Å². The second kappa shape index (κ2) is 9.58. The molecule has 2 unspecified atom stereocenters. The standard InChI is InChI=1S/C24H28N2O6/c1-24(2,30)13-7-10-16(23(29)32-4)21(27)14-8-5-11-17-19(14)25-18-12-6-9-15(20(18)26-17)22(28)31-3/h5-6,8-9,11-12,16,21,27,30H,7,10,13H2,1-4H3. The fourth-order valence-corrected chi connectivity index (χ4v) is 3.78. The number of hydrogen-bond donors (Lipinski definition) is 2. The van der Waals surface area contributed by atoms with E-state index in [2.05, 4.69) is 9.97 Å². The number of aliphatic hydroxyl groups excluding tert-OH is 1. The summed E-state index contributed by atoms with van der Waals surface area (Å²) >= 11 is 0. The van der Waals surface area contributed by atoms with Crippen molar-refractivity contribution in [3.8, 4) is 0 Å². The van der Waals surface area contributed by atoms with Crippen molar-refractivity contribution in [2.45, 2.75) is 44.8 Å². The molecule has 3 rings (SSSR count). The Morgan fingerprint density at radius 3 is 2.25 bits per heavy atom. The number of ether oxygens (including phenoxy) is 2. The third-order valence-electron chi connectivity index (χ3n) is 5.44. The van der Waals surface area contributed by atoms with Gasteiger partial charge < -0.3 is 19.7 Å². The average molecular weight is 440 g/mol. The minimum atomic E-state index is -1.18. The summed E-state index contributed by atoms with van der Waals surface area (Å²) in [6, 6.07) is 10.2. The van der Waals surface area contributed by atoms with Gasteiger partial charge in [0.25, 0.3) is 0 Å². The first kappa shape index (κ1) is 23.6. The first-order valence-electron chi connectivity index (χ1n) is 10.4. The van der Waals surface area contributed by atoms with Crippen molar-refractivity contribution >= 4 is 34.0 Å². The topological polar surface area (TPSA) is 119 Å². The SMILES string of the molecule is COC(=O)c1cccc2nc3c(C(O)C(CCCC(C)(C)O)C(=O)OC)cccc3nc12. The van der Waals surface area contributed by atoms with Crippen molar-refractivity contribution in [3.63, 3.8) is 0 Å². The van der Waals surface area contributed by atoms with Gasteiger partial charge in [-0.15, -0.1) is 0 Å². The zero-order valence-corrected chi connectivity index (χ0v) is 18.7. The summed E-state index contributed by atoms with van der Waals surface area (Å²) in [5.74, 6) is -1.88. The Balaban J connectivity index is 2.05. The van der Waals surface area contributed by atoms with E-state index in [4.69, 9.17) is 9.47 Å². The van der Waals surface area contributed by atoms with Crippen LogP contribution in [0.5, 0.6) is 0 Å². The van der Waals surface area contributed by atoms with Crippen LogP contribution in [-0.4, -0.2) is 51.9 Å².